The zero-order valence-electron chi connectivity index (χ0n) is 8.80. The summed E-state index contributed by atoms with van der Waals surface area (Å²) in [5.74, 6) is 0.750. The molecular weight excluding hydrogens is 178 g/mol. The summed E-state index contributed by atoms with van der Waals surface area (Å²) in [6.07, 6.45) is 3.58. The van der Waals surface area contributed by atoms with Gasteiger partial charge in [-0.1, -0.05) is 13.8 Å². The van der Waals surface area contributed by atoms with E-state index < -0.39 is 0 Å². The summed E-state index contributed by atoms with van der Waals surface area (Å²) in [4.78, 5) is 11.2. The van der Waals surface area contributed by atoms with Gasteiger partial charge in [0.25, 0.3) is 0 Å². The van der Waals surface area contributed by atoms with Crippen LogP contribution in [0.5, 0.6) is 0 Å². The third-order valence-corrected chi connectivity index (χ3v) is 5.16. The molecule has 0 radical (unpaired) electrons. The van der Waals surface area contributed by atoms with E-state index in [0.29, 0.717) is 5.41 Å². The number of hydrogen-bond acceptors (Lipinski definition) is 2. The van der Waals surface area contributed by atoms with Gasteiger partial charge in [0.05, 0.1) is 0 Å². The molecule has 0 aromatic carbocycles. The molecule has 1 N–H and O–H groups in total. The second-order valence-electron chi connectivity index (χ2n) is 5.60. The maximum absolute atomic E-state index is 11.2. The minimum absolute atomic E-state index is 0.185. The van der Waals surface area contributed by atoms with Crippen molar-refractivity contribution >= 4 is 6.09 Å². The Balaban J connectivity index is 2.01. The molecule has 3 atom stereocenters. The number of rotatable bonds is 0. The molecule has 2 bridgehead atoms. The lowest BCUT2D eigenvalue weighted by molar-refractivity contribution is -0.0408. The number of nitrogens with one attached hydrogen (secondary N) is 1. The number of alkyl carbamates (subject to hydrolysis) is 1. The molecule has 3 fully saturated rings. The van der Waals surface area contributed by atoms with Crippen LogP contribution in [0.3, 0.4) is 0 Å². The molecule has 0 aromatic rings. The minimum atomic E-state index is -0.219. The molecule has 3 aliphatic rings. The summed E-state index contributed by atoms with van der Waals surface area (Å²) in [5.41, 5.74) is 0.566. The largest absolute Gasteiger partial charge is 0.446 e. The van der Waals surface area contributed by atoms with Crippen LogP contribution in [0.2, 0.25) is 0 Å². The molecule has 3 rings (SSSR count). The first-order valence-corrected chi connectivity index (χ1v) is 5.51. The molecule has 1 spiro atoms. The number of carbonyl (C=O) groups is 1. The first-order chi connectivity index (χ1) is 6.56. The number of fused-ring (bicyclic) bond motifs is 1. The molecule has 1 aliphatic heterocycles. The van der Waals surface area contributed by atoms with E-state index in [2.05, 4.69) is 19.2 Å². The Morgan fingerprint density at radius 2 is 2.29 bits per heavy atom. The highest BCUT2D eigenvalue weighted by atomic mass is 16.6. The van der Waals surface area contributed by atoms with E-state index in [1.54, 1.807) is 0 Å². The average molecular weight is 195 g/mol. The van der Waals surface area contributed by atoms with E-state index in [1.165, 1.54) is 12.8 Å². The van der Waals surface area contributed by atoms with Crippen LogP contribution in [-0.4, -0.2) is 18.7 Å². The smallest absolute Gasteiger partial charge is 0.407 e. The Hall–Kier alpha value is -0.730. The topological polar surface area (TPSA) is 38.3 Å². The fourth-order valence-corrected chi connectivity index (χ4v) is 3.99. The second-order valence-corrected chi connectivity index (χ2v) is 5.60. The molecule has 2 aliphatic carbocycles. The molecule has 2 saturated carbocycles. The highest BCUT2D eigenvalue weighted by molar-refractivity contribution is 5.68. The fourth-order valence-electron chi connectivity index (χ4n) is 3.99. The summed E-state index contributed by atoms with van der Waals surface area (Å²) in [6, 6.07) is 0. The van der Waals surface area contributed by atoms with Crippen LogP contribution in [0.15, 0.2) is 0 Å². The van der Waals surface area contributed by atoms with E-state index >= 15 is 0 Å². The van der Waals surface area contributed by atoms with Gasteiger partial charge in [0.15, 0.2) is 0 Å². The summed E-state index contributed by atoms with van der Waals surface area (Å²) >= 11 is 0. The van der Waals surface area contributed by atoms with Crippen molar-refractivity contribution in [2.75, 3.05) is 6.54 Å². The lowest BCUT2D eigenvalue weighted by Crippen LogP contribution is -2.54. The molecule has 3 nitrogen and oxygen atoms in total. The van der Waals surface area contributed by atoms with Gasteiger partial charge in [-0.15, -0.1) is 0 Å². The molecule has 78 valence electrons. The third-order valence-electron chi connectivity index (χ3n) is 5.16. The highest BCUT2D eigenvalue weighted by Crippen LogP contribution is 2.66. The normalized spacial score (nSPS) is 48.3. The van der Waals surface area contributed by atoms with Crippen molar-refractivity contribution in [3.05, 3.63) is 0 Å². The molecule has 1 saturated heterocycles. The van der Waals surface area contributed by atoms with Crippen LogP contribution >= 0.6 is 0 Å². The SMILES string of the molecule is CC1(C)[C@H]2CC[C@@]13CNC(=O)O[C@@H]3C2. The van der Waals surface area contributed by atoms with Crippen molar-refractivity contribution in [1.29, 1.82) is 0 Å². The van der Waals surface area contributed by atoms with Crippen LogP contribution in [0.4, 0.5) is 4.79 Å². The van der Waals surface area contributed by atoms with Gasteiger partial charge in [-0.3, -0.25) is 0 Å². The molecule has 1 amide bonds. The lowest BCUT2D eigenvalue weighted by Gasteiger charge is -2.44. The van der Waals surface area contributed by atoms with Crippen molar-refractivity contribution in [1.82, 2.24) is 5.32 Å². The van der Waals surface area contributed by atoms with Gasteiger partial charge >= 0.3 is 6.09 Å². The van der Waals surface area contributed by atoms with Gasteiger partial charge in [-0.25, -0.2) is 4.79 Å². The summed E-state index contributed by atoms with van der Waals surface area (Å²) in [6.45, 7) is 5.50. The van der Waals surface area contributed by atoms with E-state index in [-0.39, 0.29) is 17.6 Å². The van der Waals surface area contributed by atoms with E-state index in [9.17, 15) is 4.79 Å². The Bertz CT molecular complexity index is 300. The quantitative estimate of drug-likeness (QED) is 0.641. The predicted molar refractivity (Wildman–Crippen MR) is 51.8 cm³/mol. The third kappa shape index (κ3) is 0.733. The van der Waals surface area contributed by atoms with Gasteiger partial charge in [-0.2, -0.15) is 0 Å². The molecule has 14 heavy (non-hydrogen) atoms. The van der Waals surface area contributed by atoms with Gasteiger partial charge in [-0.05, 0) is 30.6 Å². The molecule has 0 unspecified atom stereocenters. The first-order valence-electron chi connectivity index (χ1n) is 5.51. The van der Waals surface area contributed by atoms with E-state index in [0.717, 1.165) is 18.9 Å². The lowest BCUT2D eigenvalue weighted by atomic mass is 9.68. The molecule has 3 heteroatoms. The van der Waals surface area contributed by atoms with Crippen molar-refractivity contribution < 1.29 is 9.53 Å². The molecule has 0 aromatic heterocycles. The zero-order valence-corrected chi connectivity index (χ0v) is 8.80. The number of ether oxygens (including phenoxy) is 1. The standard InChI is InChI=1S/C11H17NO2/c1-10(2)7-3-4-11(10)6-12-9(13)14-8(11)5-7/h7-8H,3-6H2,1-2H3,(H,12,13)/t7-,8+,11-/m0/s1. The van der Waals surface area contributed by atoms with Gasteiger partial charge < -0.3 is 10.1 Å². The minimum Gasteiger partial charge on any atom is -0.446 e. The predicted octanol–water partition coefficient (Wildman–Crippen LogP) is 1.92. The fraction of sp³-hybridized carbons (Fsp3) is 0.909. The first kappa shape index (κ1) is 8.57. The summed E-state index contributed by atoms with van der Waals surface area (Å²) < 4.78 is 5.42. The van der Waals surface area contributed by atoms with Crippen molar-refractivity contribution in [3.63, 3.8) is 0 Å². The monoisotopic (exact) mass is 195 g/mol. The maximum atomic E-state index is 11.2. The Labute approximate surface area is 84.2 Å². The molecular formula is C11H17NO2. The van der Waals surface area contributed by atoms with E-state index in [1.807, 2.05) is 0 Å². The number of amides is 1. The average Bonchev–Trinajstić information content (AvgIpc) is 2.49. The van der Waals surface area contributed by atoms with Gasteiger partial charge in [0, 0.05) is 12.0 Å². The van der Waals surface area contributed by atoms with Crippen LogP contribution < -0.4 is 5.32 Å². The summed E-state index contributed by atoms with van der Waals surface area (Å²) in [5, 5.41) is 2.87. The van der Waals surface area contributed by atoms with Crippen molar-refractivity contribution in [2.24, 2.45) is 16.7 Å². The van der Waals surface area contributed by atoms with Crippen molar-refractivity contribution in [2.45, 2.75) is 39.2 Å². The van der Waals surface area contributed by atoms with Crippen LogP contribution in [0, 0.1) is 16.7 Å². The highest BCUT2D eigenvalue weighted by Gasteiger charge is 2.66. The molecule has 1 heterocycles. The summed E-state index contributed by atoms with van der Waals surface area (Å²) in [7, 11) is 0. The zero-order chi connectivity index (χ0) is 9.97. The van der Waals surface area contributed by atoms with Gasteiger partial charge in [0.2, 0.25) is 0 Å². The maximum Gasteiger partial charge on any atom is 0.407 e. The van der Waals surface area contributed by atoms with Crippen LogP contribution in [-0.2, 0) is 4.74 Å². The van der Waals surface area contributed by atoms with Crippen LogP contribution in [0.25, 0.3) is 0 Å². The van der Waals surface area contributed by atoms with Crippen molar-refractivity contribution in [3.8, 4) is 0 Å². The Kier molecular flexibility index (Phi) is 1.38. The Morgan fingerprint density at radius 3 is 3.00 bits per heavy atom. The Morgan fingerprint density at radius 1 is 1.50 bits per heavy atom. The second kappa shape index (κ2) is 2.26. The number of carbonyl (C=O) groups excluding carboxylic acids is 1. The van der Waals surface area contributed by atoms with E-state index in [4.69, 9.17) is 4.74 Å². The number of hydrogen-bond donors (Lipinski definition) is 1. The van der Waals surface area contributed by atoms with Crippen LogP contribution in [0.1, 0.15) is 33.1 Å². The van der Waals surface area contributed by atoms with Gasteiger partial charge in [0.1, 0.15) is 6.10 Å².